The molecule has 8 atom stereocenters. The van der Waals surface area contributed by atoms with E-state index in [4.69, 9.17) is 37.9 Å². The summed E-state index contributed by atoms with van der Waals surface area (Å²) in [5, 5.41) is 23.8. The predicted octanol–water partition coefficient (Wildman–Crippen LogP) is 2.36. The van der Waals surface area contributed by atoms with E-state index in [1.165, 1.54) is 11.1 Å². The number of rotatable bonds is 2. The van der Waals surface area contributed by atoms with Crippen LogP contribution in [0.25, 0.3) is 0 Å². The van der Waals surface area contributed by atoms with Gasteiger partial charge in [-0.3, -0.25) is 9.80 Å². The molecule has 8 aliphatic heterocycles. The molecule has 12 heteroatoms. The molecule has 0 radical (unpaired) electrons. The summed E-state index contributed by atoms with van der Waals surface area (Å²) in [4.78, 5) is 4.51. The second-order valence-electron chi connectivity index (χ2n) is 15.8. The number of nitrogens with zero attached hydrogens (tertiary/aromatic N) is 2. The Kier molecular flexibility index (Phi) is 6.21. The standard InChI is InChI=1S/2C19H23NO5/c2*1-22-13-3-2-12-4-8-20-9-7-17-14(12)15(13)25-16(17)18(23-10-11-24-18)5-6-19(17,20)21/h2*2-3,16,21H,4-11H2,1H3/t2*16-,17+,19-/m11/s1. The molecule has 2 saturated carbocycles. The third-order valence-corrected chi connectivity index (χ3v) is 14.4. The quantitative estimate of drug-likeness (QED) is 0.482. The van der Waals surface area contributed by atoms with Gasteiger partial charge in [-0.1, -0.05) is 12.1 Å². The summed E-state index contributed by atoms with van der Waals surface area (Å²) in [6.45, 7) is 5.83. The van der Waals surface area contributed by atoms with Crippen molar-refractivity contribution in [3.05, 3.63) is 46.5 Å². The Balaban J connectivity index is 0.000000120. The topological polar surface area (TPSA) is 121 Å². The zero-order chi connectivity index (χ0) is 33.7. The smallest absolute Gasteiger partial charge is 0.207 e. The summed E-state index contributed by atoms with van der Waals surface area (Å²) < 4.78 is 48.8. The Labute approximate surface area is 291 Å². The van der Waals surface area contributed by atoms with Crippen molar-refractivity contribution >= 4 is 0 Å². The highest BCUT2D eigenvalue weighted by Gasteiger charge is 2.78. The molecule has 2 N–H and O–H groups in total. The van der Waals surface area contributed by atoms with Crippen molar-refractivity contribution in [2.45, 2.75) is 97.4 Å². The van der Waals surface area contributed by atoms with Crippen LogP contribution in [-0.2, 0) is 42.6 Å². The fraction of sp³-hybridized carbons (Fsp3) is 0.684. The van der Waals surface area contributed by atoms with Crippen LogP contribution in [0.1, 0.15) is 60.8 Å². The lowest BCUT2D eigenvalue weighted by atomic mass is 9.60. The highest BCUT2D eigenvalue weighted by molar-refractivity contribution is 5.63. The molecule has 2 aliphatic carbocycles. The third-order valence-electron chi connectivity index (χ3n) is 14.4. The number of fused-ring (bicyclic) bond motifs is 2. The molecule has 12 nitrogen and oxygen atoms in total. The van der Waals surface area contributed by atoms with Crippen LogP contribution in [0.4, 0.5) is 0 Å². The molecule has 4 bridgehead atoms. The summed E-state index contributed by atoms with van der Waals surface area (Å²) in [7, 11) is 3.34. The number of benzene rings is 2. The lowest BCUT2D eigenvalue weighted by molar-refractivity contribution is -0.287. The van der Waals surface area contributed by atoms with Crippen molar-refractivity contribution in [3.8, 4) is 23.0 Å². The normalized spacial score (nSPS) is 42.2. The van der Waals surface area contributed by atoms with Crippen LogP contribution in [-0.4, -0.2) is 122 Å². The molecule has 0 aromatic heterocycles. The second kappa shape index (κ2) is 10.0. The van der Waals surface area contributed by atoms with E-state index in [-0.39, 0.29) is 12.2 Å². The van der Waals surface area contributed by atoms with E-state index in [9.17, 15) is 10.2 Å². The van der Waals surface area contributed by atoms with Gasteiger partial charge >= 0.3 is 0 Å². The summed E-state index contributed by atoms with van der Waals surface area (Å²) in [6.07, 6.45) is 5.46. The first-order valence-corrected chi connectivity index (χ1v) is 18.5. The highest BCUT2D eigenvalue weighted by Crippen LogP contribution is 2.69. The van der Waals surface area contributed by atoms with Gasteiger partial charge in [0.25, 0.3) is 0 Å². The van der Waals surface area contributed by atoms with E-state index in [0.717, 1.165) is 86.0 Å². The van der Waals surface area contributed by atoms with Gasteiger partial charge in [0.05, 0.1) is 51.5 Å². The third kappa shape index (κ3) is 3.34. The molecule has 50 heavy (non-hydrogen) atoms. The molecule has 4 saturated heterocycles. The Hall–Kier alpha value is -2.68. The maximum atomic E-state index is 11.9. The van der Waals surface area contributed by atoms with Gasteiger partial charge < -0.3 is 48.1 Å². The van der Waals surface area contributed by atoms with Crippen molar-refractivity contribution in [3.63, 3.8) is 0 Å². The van der Waals surface area contributed by atoms with E-state index in [1.54, 1.807) is 14.2 Å². The lowest BCUT2D eigenvalue weighted by Crippen LogP contribution is -2.70. The van der Waals surface area contributed by atoms with E-state index >= 15 is 0 Å². The fourth-order valence-corrected chi connectivity index (χ4v) is 12.4. The fourth-order valence-electron chi connectivity index (χ4n) is 12.4. The van der Waals surface area contributed by atoms with Crippen molar-refractivity contribution in [2.75, 3.05) is 66.8 Å². The van der Waals surface area contributed by atoms with Gasteiger partial charge in [0, 0.05) is 50.1 Å². The Morgan fingerprint density at radius 2 is 1.00 bits per heavy atom. The molecular formula is C38H46N2O10. The summed E-state index contributed by atoms with van der Waals surface area (Å²) in [6, 6.07) is 8.24. The summed E-state index contributed by atoms with van der Waals surface area (Å²) in [5.74, 6) is 1.53. The Morgan fingerprint density at radius 3 is 1.40 bits per heavy atom. The van der Waals surface area contributed by atoms with E-state index in [2.05, 4.69) is 21.9 Å². The molecule has 2 unspecified atom stereocenters. The van der Waals surface area contributed by atoms with Gasteiger partial charge in [-0.05, 0) is 61.8 Å². The minimum absolute atomic E-state index is 0.339. The van der Waals surface area contributed by atoms with Crippen molar-refractivity contribution in [2.24, 2.45) is 0 Å². The minimum atomic E-state index is -0.902. The largest absolute Gasteiger partial charge is 0.493 e. The van der Waals surface area contributed by atoms with Gasteiger partial charge in [-0.25, -0.2) is 0 Å². The predicted molar refractivity (Wildman–Crippen MR) is 176 cm³/mol. The molecule has 2 aromatic carbocycles. The number of methoxy groups -OCH3 is 2. The molecule has 8 heterocycles. The Morgan fingerprint density at radius 1 is 0.580 bits per heavy atom. The SMILES string of the molecule is COc1ccc2c3c1O[C@H]1C4(CC[C@]5(O)N(CC2)CC[C@]315)OCCO4.COc1ccc2c3c1O[C@H]1C4(CC[C@]5(O)N(CC2)CC[C@]315)OCCO4. The van der Waals surface area contributed by atoms with Gasteiger partial charge in [0.15, 0.2) is 35.2 Å². The minimum Gasteiger partial charge on any atom is -0.493 e. The number of hydrogen-bond donors (Lipinski definition) is 2. The maximum Gasteiger partial charge on any atom is 0.207 e. The number of aliphatic hydroxyl groups is 2. The number of hydrogen-bond acceptors (Lipinski definition) is 12. The average molecular weight is 691 g/mol. The van der Waals surface area contributed by atoms with Crippen LogP contribution >= 0.6 is 0 Å². The van der Waals surface area contributed by atoms with Crippen LogP contribution in [0.2, 0.25) is 0 Å². The summed E-state index contributed by atoms with van der Waals surface area (Å²) >= 11 is 0. The van der Waals surface area contributed by atoms with Crippen molar-refractivity contribution in [1.29, 1.82) is 0 Å². The Bertz CT molecular complexity index is 1650. The lowest BCUT2D eigenvalue weighted by Gasteiger charge is -2.53. The van der Waals surface area contributed by atoms with Gasteiger partial charge in [-0.15, -0.1) is 0 Å². The average Bonchev–Trinajstić information content (AvgIpc) is 3.96. The van der Waals surface area contributed by atoms with Crippen LogP contribution in [0, 0.1) is 0 Å². The molecule has 6 fully saturated rings. The summed E-state index contributed by atoms with van der Waals surface area (Å²) in [5.41, 5.74) is 1.97. The molecular weight excluding hydrogens is 644 g/mol. The van der Waals surface area contributed by atoms with E-state index < -0.39 is 33.9 Å². The van der Waals surface area contributed by atoms with Gasteiger partial charge in [-0.2, -0.15) is 0 Å². The zero-order valence-electron chi connectivity index (χ0n) is 28.8. The molecule has 0 amide bonds. The number of ether oxygens (including phenoxy) is 8. The van der Waals surface area contributed by atoms with Crippen molar-refractivity contribution in [1.82, 2.24) is 9.80 Å². The molecule has 12 rings (SSSR count). The molecule has 268 valence electrons. The van der Waals surface area contributed by atoms with Crippen LogP contribution in [0.5, 0.6) is 23.0 Å². The van der Waals surface area contributed by atoms with Crippen molar-refractivity contribution < 1.29 is 48.1 Å². The molecule has 10 aliphatic rings. The zero-order valence-corrected chi connectivity index (χ0v) is 28.8. The van der Waals surface area contributed by atoms with E-state index in [0.29, 0.717) is 52.1 Å². The molecule has 4 spiro atoms. The monoisotopic (exact) mass is 690 g/mol. The van der Waals surface area contributed by atoms with Crippen LogP contribution in [0.3, 0.4) is 0 Å². The first kappa shape index (κ1) is 30.9. The maximum absolute atomic E-state index is 11.9. The van der Waals surface area contributed by atoms with Crippen LogP contribution < -0.4 is 18.9 Å². The van der Waals surface area contributed by atoms with Gasteiger partial charge in [0.1, 0.15) is 11.4 Å². The van der Waals surface area contributed by atoms with Crippen LogP contribution in [0.15, 0.2) is 24.3 Å². The second-order valence-corrected chi connectivity index (χ2v) is 15.8. The first-order chi connectivity index (χ1) is 24.3. The highest BCUT2D eigenvalue weighted by atomic mass is 16.8. The van der Waals surface area contributed by atoms with Gasteiger partial charge in [0.2, 0.25) is 11.6 Å². The van der Waals surface area contributed by atoms with E-state index in [1.807, 2.05) is 12.1 Å². The molecule has 2 aromatic rings. The first-order valence-electron chi connectivity index (χ1n) is 18.5.